The summed E-state index contributed by atoms with van der Waals surface area (Å²) in [7, 11) is -2.06. The molecule has 8 heteroatoms. The minimum atomic E-state index is -3.65. The van der Waals surface area contributed by atoms with Crippen LogP contribution < -0.4 is 14.2 Å². The van der Waals surface area contributed by atoms with Crippen molar-refractivity contribution in [2.45, 2.75) is 44.7 Å². The van der Waals surface area contributed by atoms with Crippen LogP contribution in [0.15, 0.2) is 35.4 Å². The number of methoxy groups -OCH3 is 1. The van der Waals surface area contributed by atoms with Crippen molar-refractivity contribution in [3.8, 4) is 11.5 Å². The van der Waals surface area contributed by atoms with E-state index in [0.29, 0.717) is 11.4 Å². The lowest BCUT2D eigenvalue weighted by atomic mass is 10.3. The van der Waals surface area contributed by atoms with Crippen LogP contribution in [-0.4, -0.2) is 38.0 Å². The highest BCUT2D eigenvalue weighted by Gasteiger charge is 2.23. The fraction of sp³-hybridized carbons (Fsp3) is 0.471. The standard InChI is InChI=1S/C17H25N3O4S/c1-12(2)20-10-17(14(4)18-20)25(21,22)19-13(3)11-24-16-8-6-15(23-5)7-9-16/h6-10,12-13,19H,11H2,1-5H3. The van der Waals surface area contributed by atoms with Crippen molar-refractivity contribution in [1.82, 2.24) is 14.5 Å². The van der Waals surface area contributed by atoms with Gasteiger partial charge in [0.25, 0.3) is 0 Å². The first-order valence-electron chi connectivity index (χ1n) is 8.08. The van der Waals surface area contributed by atoms with Gasteiger partial charge in [-0.05, 0) is 52.0 Å². The van der Waals surface area contributed by atoms with Crippen molar-refractivity contribution in [2.75, 3.05) is 13.7 Å². The third-order valence-electron chi connectivity index (χ3n) is 3.61. The highest BCUT2D eigenvalue weighted by atomic mass is 32.2. The molecule has 1 aromatic heterocycles. The third-order valence-corrected chi connectivity index (χ3v) is 5.30. The van der Waals surface area contributed by atoms with Crippen LogP contribution in [0.1, 0.15) is 32.5 Å². The number of benzene rings is 1. The molecule has 1 unspecified atom stereocenters. The number of aryl methyl sites for hydroxylation is 1. The summed E-state index contributed by atoms with van der Waals surface area (Å²) < 4.78 is 40.1. The molecule has 0 amide bonds. The van der Waals surface area contributed by atoms with Gasteiger partial charge in [0.2, 0.25) is 10.0 Å². The van der Waals surface area contributed by atoms with Crippen LogP contribution in [0.4, 0.5) is 0 Å². The molecule has 138 valence electrons. The number of nitrogens with one attached hydrogen (secondary N) is 1. The Morgan fingerprint density at radius 1 is 1.16 bits per heavy atom. The van der Waals surface area contributed by atoms with E-state index in [1.54, 1.807) is 56.1 Å². The normalized spacial score (nSPS) is 13.0. The van der Waals surface area contributed by atoms with Crippen LogP contribution in [0.5, 0.6) is 11.5 Å². The highest BCUT2D eigenvalue weighted by Crippen LogP contribution is 2.18. The summed E-state index contributed by atoms with van der Waals surface area (Å²) in [5.41, 5.74) is 0.476. The van der Waals surface area contributed by atoms with Crippen molar-refractivity contribution in [3.63, 3.8) is 0 Å². The van der Waals surface area contributed by atoms with E-state index >= 15 is 0 Å². The van der Waals surface area contributed by atoms with Gasteiger partial charge in [0, 0.05) is 12.2 Å². The number of aromatic nitrogens is 2. The van der Waals surface area contributed by atoms with E-state index in [4.69, 9.17) is 9.47 Å². The zero-order valence-corrected chi connectivity index (χ0v) is 16.0. The Bertz CT molecular complexity index is 798. The van der Waals surface area contributed by atoms with Crippen LogP contribution in [0, 0.1) is 6.92 Å². The fourth-order valence-electron chi connectivity index (χ4n) is 2.25. The van der Waals surface area contributed by atoms with Gasteiger partial charge in [0.1, 0.15) is 23.0 Å². The Labute approximate surface area is 149 Å². The summed E-state index contributed by atoms with van der Waals surface area (Å²) in [6.45, 7) is 7.54. The summed E-state index contributed by atoms with van der Waals surface area (Å²) in [6, 6.07) is 6.82. The van der Waals surface area contributed by atoms with Crippen molar-refractivity contribution in [3.05, 3.63) is 36.2 Å². The van der Waals surface area contributed by atoms with E-state index in [2.05, 4.69) is 9.82 Å². The average Bonchev–Trinajstić information content (AvgIpc) is 2.96. The van der Waals surface area contributed by atoms with Gasteiger partial charge in [-0.2, -0.15) is 5.10 Å². The highest BCUT2D eigenvalue weighted by molar-refractivity contribution is 7.89. The van der Waals surface area contributed by atoms with E-state index in [-0.39, 0.29) is 17.5 Å². The van der Waals surface area contributed by atoms with Gasteiger partial charge in [-0.15, -0.1) is 0 Å². The lowest BCUT2D eigenvalue weighted by molar-refractivity contribution is 0.287. The average molecular weight is 367 g/mol. The molecule has 1 heterocycles. The van der Waals surface area contributed by atoms with E-state index in [9.17, 15) is 8.42 Å². The molecular weight excluding hydrogens is 342 g/mol. The maximum absolute atomic E-state index is 12.6. The molecule has 1 N–H and O–H groups in total. The molecule has 0 aliphatic carbocycles. The molecule has 1 aromatic carbocycles. The van der Waals surface area contributed by atoms with Gasteiger partial charge in [-0.25, -0.2) is 13.1 Å². The molecule has 0 fully saturated rings. The minimum absolute atomic E-state index is 0.0958. The second kappa shape index (κ2) is 7.88. The van der Waals surface area contributed by atoms with E-state index in [1.807, 2.05) is 13.8 Å². The molecule has 0 saturated heterocycles. The summed E-state index contributed by atoms with van der Waals surface area (Å²) in [6.07, 6.45) is 1.55. The molecule has 0 saturated carbocycles. The van der Waals surface area contributed by atoms with E-state index < -0.39 is 16.1 Å². The van der Waals surface area contributed by atoms with Crippen LogP contribution in [-0.2, 0) is 10.0 Å². The summed E-state index contributed by atoms with van der Waals surface area (Å²) in [5, 5.41) is 4.25. The molecule has 1 atom stereocenters. The van der Waals surface area contributed by atoms with Gasteiger partial charge in [0.15, 0.2) is 0 Å². The zero-order chi connectivity index (χ0) is 18.6. The first-order valence-corrected chi connectivity index (χ1v) is 9.56. The SMILES string of the molecule is COc1ccc(OCC(C)NS(=O)(=O)c2cn(C(C)C)nc2C)cc1. The topological polar surface area (TPSA) is 82.5 Å². The molecule has 0 aliphatic heterocycles. The van der Waals surface area contributed by atoms with Crippen molar-refractivity contribution in [2.24, 2.45) is 0 Å². The number of hydrogen-bond acceptors (Lipinski definition) is 5. The third kappa shape index (κ3) is 4.96. The van der Waals surface area contributed by atoms with Crippen molar-refractivity contribution >= 4 is 10.0 Å². The molecular formula is C17H25N3O4S. The first-order chi connectivity index (χ1) is 11.7. The second-order valence-corrected chi connectivity index (χ2v) is 7.84. The smallest absolute Gasteiger partial charge is 0.244 e. The Morgan fingerprint density at radius 3 is 2.28 bits per heavy atom. The lowest BCUT2D eigenvalue weighted by Gasteiger charge is -2.15. The maximum Gasteiger partial charge on any atom is 0.244 e. The van der Waals surface area contributed by atoms with Crippen LogP contribution in [0.3, 0.4) is 0 Å². The Balaban J connectivity index is 1.99. The Kier molecular flexibility index (Phi) is 6.07. The van der Waals surface area contributed by atoms with Crippen molar-refractivity contribution in [1.29, 1.82) is 0 Å². The molecule has 2 rings (SSSR count). The predicted molar refractivity (Wildman–Crippen MR) is 95.6 cm³/mol. The lowest BCUT2D eigenvalue weighted by Crippen LogP contribution is -2.36. The molecule has 0 bridgehead atoms. The Hall–Kier alpha value is -2.06. The maximum atomic E-state index is 12.6. The van der Waals surface area contributed by atoms with Gasteiger partial charge >= 0.3 is 0 Å². The Morgan fingerprint density at radius 2 is 1.76 bits per heavy atom. The molecule has 0 aliphatic rings. The monoisotopic (exact) mass is 367 g/mol. The first kappa shape index (κ1) is 19.3. The van der Waals surface area contributed by atoms with Crippen molar-refractivity contribution < 1.29 is 17.9 Å². The second-order valence-electron chi connectivity index (χ2n) is 6.16. The quantitative estimate of drug-likeness (QED) is 0.775. The number of sulfonamides is 1. The van der Waals surface area contributed by atoms with Gasteiger partial charge in [-0.1, -0.05) is 0 Å². The summed E-state index contributed by atoms with van der Waals surface area (Å²) in [4.78, 5) is 0.192. The molecule has 0 radical (unpaired) electrons. The van der Waals surface area contributed by atoms with Gasteiger partial charge < -0.3 is 9.47 Å². The van der Waals surface area contributed by atoms with Gasteiger partial charge in [0.05, 0.1) is 18.8 Å². The summed E-state index contributed by atoms with van der Waals surface area (Å²) in [5.74, 6) is 1.38. The molecule has 0 spiro atoms. The molecule has 25 heavy (non-hydrogen) atoms. The van der Waals surface area contributed by atoms with Crippen LogP contribution in [0.2, 0.25) is 0 Å². The zero-order valence-electron chi connectivity index (χ0n) is 15.2. The number of rotatable bonds is 8. The molecule has 2 aromatic rings. The number of ether oxygens (including phenoxy) is 2. The minimum Gasteiger partial charge on any atom is -0.497 e. The van der Waals surface area contributed by atoms with E-state index in [1.165, 1.54) is 0 Å². The molecule has 7 nitrogen and oxygen atoms in total. The predicted octanol–water partition coefficient (Wildman–Crippen LogP) is 2.53. The van der Waals surface area contributed by atoms with Gasteiger partial charge in [-0.3, -0.25) is 4.68 Å². The number of hydrogen-bond donors (Lipinski definition) is 1. The fourth-order valence-corrected chi connectivity index (χ4v) is 3.65. The number of nitrogens with zero attached hydrogens (tertiary/aromatic N) is 2. The summed E-state index contributed by atoms with van der Waals surface area (Å²) >= 11 is 0. The van der Waals surface area contributed by atoms with Crippen LogP contribution in [0.25, 0.3) is 0 Å². The van der Waals surface area contributed by atoms with Crippen LogP contribution >= 0.6 is 0 Å². The largest absolute Gasteiger partial charge is 0.497 e. The van der Waals surface area contributed by atoms with E-state index in [0.717, 1.165) is 5.75 Å².